The van der Waals surface area contributed by atoms with Gasteiger partial charge in [-0.3, -0.25) is 4.90 Å². The minimum Gasteiger partial charge on any atom is -0.395 e. The molecule has 2 atom stereocenters. The highest BCUT2D eigenvalue weighted by Gasteiger charge is 2.25. The molecule has 1 fully saturated rings. The Balaban J connectivity index is 2.06. The Morgan fingerprint density at radius 3 is 2.61 bits per heavy atom. The normalized spacial score (nSPS) is 25.3. The molecule has 1 aliphatic rings. The van der Waals surface area contributed by atoms with E-state index in [4.69, 9.17) is 10.8 Å². The average molecular weight is 248 g/mol. The van der Waals surface area contributed by atoms with Crippen LogP contribution in [0.4, 0.5) is 0 Å². The lowest BCUT2D eigenvalue weighted by Gasteiger charge is -2.36. The van der Waals surface area contributed by atoms with Crippen LogP contribution in [0.2, 0.25) is 0 Å². The number of aliphatic hydroxyl groups excluding tert-OH is 1. The Labute approximate surface area is 110 Å². The summed E-state index contributed by atoms with van der Waals surface area (Å²) in [6.45, 7) is 5.05. The first-order valence-electron chi connectivity index (χ1n) is 6.90. The van der Waals surface area contributed by atoms with Crippen molar-refractivity contribution in [2.75, 3.05) is 26.2 Å². The number of aryl methyl sites for hydroxylation is 1. The van der Waals surface area contributed by atoms with Crippen molar-refractivity contribution in [2.24, 2.45) is 5.73 Å². The van der Waals surface area contributed by atoms with Crippen molar-refractivity contribution in [2.45, 2.75) is 31.7 Å². The second kappa shape index (κ2) is 6.32. The van der Waals surface area contributed by atoms with Crippen molar-refractivity contribution in [3.63, 3.8) is 0 Å². The van der Waals surface area contributed by atoms with E-state index >= 15 is 0 Å². The summed E-state index contributed by atoms with van der Waals surface area (Å²) in [6, 6.07) is 9.12. The largest absolute Gasteiger partial charge is 0.395 e. The molecule has 2 unspecified atom stereocenters. The van der Waals surface area contributed by atoms with Gasteiger partial charge in [-0.1, -0.05) is 31.2 Å². The summed E-state index contributed by atoms with van der Waals surface area (Å²) in [5.74, 6) is 0.506. The van der Waals surface area contributed by atoms with Gasteiger partial charge in [0, 0.05) is 25.7 Å². The maximum Gasteiger partial charge on any atom is 0.0558 e. The number of β-amino-alcohol motifs (C(OH)–C–C–N with tert-alkyl or cyclic N) is 1. The predicted molar refractivity (Wildman–Crippen MR) is 74.7 cm³/mol. The van der Waals surface area contributed by atoms with Crippen molar-refractivity contribution >= 4 is 0 Å². The molecule has 1 heterocycles. The summed E-state index contributed by atoms with van der Waals surface area (Å²) >= 11 is 0. The van der Waals surface area contributed by atoms with Crippen LogP contribution in [0.15, 0.2) is 24.3 Å². The lowest BCUT2D eigenvalue weighted by Crippen LogP contribution is -2.47. The van der Waals surface area contributed by atoms with Crippen molar-refractivity contribution in [3.8, 4) is 0 Å². The molecule has 2 rings (SSSR count). The molecule has 0 aliphatic carbocycles. The van der Waals surface area contributed by atoms with Crippen molar-refractivity contribution in [1.82, 2.24) is 4.90 Å². The fourth-order valence-corrected chi connectivity index (χ4v) is 2.82. The maximum absolute atomic E-state index is 9.05. The molecule has 0 amide bonds. The number of piperidine rings is 1. The first-order chi connectivity index (χ1) is 8.72. The van der Waals surface area contributed by atoms with E-state index in [1.54, 1.807) is 0 Å². The molecule has 3 nitrogen and oxygen atoms in total. The Morgan fingerprint density at radius 2 is 2.00 bits per heavy atom. The topological polar surface area (TPSA) is 49.5 Å². The van der Waals surface area contributed by atoms with Gasteiger partial charge in [-0.05, 0) is 29.9 Å². The first kappa shape index (κ1) is 13.5. The molecule has 1 aromatic rings. The van der Waals surface area contributed by atoms with Crippen LogP contribution >= 0.6 is 0 Å². The number of nitrogens with two attached hydrogens (primary N) is 1. The molecule has 0 bridgehead atoms. The van der Waals surface area contributed by atoms with Gasteiger partial charge in [0.25, 0.3) is 0 Å². The SMILES string of the molecule is CCc1ccc(C2CC(N)CN(CCO)C2)cc1. The Bertz CT molecular complexity index is 363. The molecule has 0 radical (unpaired) electrons. The summed E-state index contributed by atoms with van der Waals surface area (Å²) in [5, 5.41) is 9.05. The molecule has 18 heavy (non-hydrogen) atoms. The van der Waals surface area contributed by atoms with Crippen LogP contribution in [0.25, 0.3) is 0 Å². The van der Waals surface area contributed by atoms with E-state index < -0.39 is 0 Å². The van der Waals surface area contributed by atoms with Gasteiger partial charge < -0.3 is 10.8 Å². The standard InChI is InChI=1S/C15H24N2O/c1-2-12-3-5-13(6-4-12)14-9-15(16)11-17(10-14)7-8-18/h3-6,14-15,18H,2,7-11,16H2,1H3. The van der Waals surface area contributed by atoms with E-state index in [-0.39, 0.29) is 12.6 Å². The monoisotopic (exact) mass is 248 g/mol. The quantitative estimate of drug-likeness (QED) is 0.846. The van der Waals surface area contributed by atoms with Crippen LogP contribution in [0.5, 0.6) is 0 Å². The minimum atomic E-state index is 0.216. The van der Waals surface area contributed by atoms with Crippen molar-refractivity contribution in [3.05, 3.63) is 35.4 Å². The Hall–Kier alpha value is -0.900. The maximum atomic E-state index is 9.05. The zero-order valence-corrected chi connectivity index (χ0v) is 11.2. The third-order valence-electron chi connectivity index (χ3n) is 3.83. The molecular formula is C15H24N2O. The van der Waals surface area contributed by atoms with E-state index in [0.717, 1.165) is 32.5 Å². The number of rotatable bonds is 4. The number of nitrogens with zero attached hydrogens (tertiary/aromatic N) is 1. The van der Waals surface area contributed by atoms with Crippen LogP contribution in [-0.2, 0) is 6.42 Å². The van der Waals surface area contributed by atoms with Crippen molar-refractivity contribution in [1.29, 1.82) is 0 Å². The zero-order valence-electron chi connectivity index (χ0n) is 11.2. The molecule has 0 aromatic heterocycles. The second-order valence-electron chi connectivity index (χ2n) is 5.27. The summed E-state index contributed by atoms with van der Waals surface area (Å²) < 4.78 is 0. The van der Waals surface area contributed by atoms with E-state index in [0.29, 0.717) is 5.92 Å². The van der Waals surface area contributed by atoms with Crippen LogP contribution in [-0.4, -0.2) is 42.3 Å². The number of aliphatic hydroxyl groups is 1. The lowest BCUT2D eigenvalue weighted by molar-refractivity contribution is 0.149. The van der Waals surface area contributed by atoms with Crippen LogP contribution in [0, 0.1) is 0 Å². The number of likely N-dealkylation sites (tertiary alicyclic amines) is 1. The third kappa shape index (κ3) is 3.31. The average Bonchev–Trinajstić information content (AvgIpc) is 2.38. The smallest absolute Gasteiger partial charge is 0.0558 e. The van der Waals surface area contributed by atoms with Gasteiger partial charge in [0.2, 0.25) is 0 Å². The minimum absolute atomic E-state index is 0.216. The molecule has 1 aliphatic heterocycles. The summed E-state index contributed by atoms with van der Waals surface area (Å²) in [4.78, 5) is 2.27. The third-order valence-corrected chi connectivity index (χ3v) is 3.83. The molecule has 100 valence electrons. The van der Waals surface area contributed by atoms with Gasteiger partial charge in [-0.25, -0.2) is 0 Å². The number of hydrogen-bond acceptors (Lipinski definition) is 3. The molecule has 3 N–H and O–H groups in total. The molecule has 3 heteroatoms. The van der Waals surface area contributed by atoms with Crippen molar-refractivity contribution < 1.29 is 5.11 Å². The Kier molecular flexibility index (Phi) is 4.75. The highest BCUT2D eigenvalue weighted by atomic mass is 16.3. The molecular weight excluding hydrogens is 224 g/mol. The number of benzene rings is 1. The van der Waals surface area contributed by atoms with E-state index in [1.807, 2.05) is 0 Å². The van der Waals surface area contributed by atoms with Gasteiger partial charge in [-0.2, -0.15) is 0 Å². The second-order valence-corrected chi connectivity index (χ2v) is 5.27. The molecule has 0 spiro atoms. The summed E-state index contributed by atoms with van der Waals surface area (Å²) in [7, 11) is 0. The van der Waals surface area contributed by atoms with E-state index in [9.17, 15) is 0 Å². The van der Waals surface area contributed by atoms with E-state index in [2.05, 4.69) is 36.1 Å². The number of hydrogen-bond donors (Lipinski definition) is 2. The zero-order chi connectivity index (χ0) is 13.0. The van der Waals surface area contributed by atoms with Crippen LogP contribution < -0.4 is 5.73 Å². The fourth-order valence-electron chi connectivity index (χ4n) is 2.82. The first-order valence-corrected chi connectivity index (χ1v) is 6.90. The predicted octanol–water partition coefficient (Wildman–Crippen LogP) is 1.36. The van der Waals surface area contributed by atoms with Gasteiger partial charge in [0.1, 0.15) is 0 Å². The Morgan fingerprint density at radius 1 is 1.28 bits per heavy atom. The van der Waals surface area contributed by atoms with Gasteiger partial charge in [0.05, 0.1) is 6.61 Å². The van der Waals surface area contributed by atoms with Gasteiger partial charge in [-0.15, -0.1) is 0 Å². The lowest BCUT2D eigenvalue weighted by atomic mass is 9.88. The summed E-state index contributed by atoms with van der Waals surface area (Å²) in [5.41, 5.74) is 8.88. The highest BCUT2D eigenvalue weighted by molar-refractivity contribution is 5.26. The molecule has 1 saturated heterocycles. The van der Waals surface area contributed by atoms with Crippen LogP contribution in [0.3, 0.4) is 0 Å². The highest BCUT2D eigenvalue weighted by Crippen LogP contribution is 2.26. The fraction of sp³-hybridized carbons (Fsp3) is 0.600. The van der Waals surface area contributed by atoms with Crippen LogP contribution in [0.1, 0.15) is 30.4 Å². The van der Waals surface area contributed by atoms with E-state index in [1.165, 1.54) is 11.1 Å². The summed E-state index contributed by atoms with van der Waals surface area (Å²) in [6.07, 6.45) is 2.13. The molecule has 1 aromatic carbocycles. The molecule has 0 saturated carbocycles. The van der Waals surface area contributed by atoms with Gasteiger partial charge >= 0.3 is 0 Å². The van der Waals surface area contributed by atoms with Gasteiger partial charge in [0.15, 0.2) is 0 Å².